The zero-order valence-electron chi connectivity index (χ0n) is 17.3. The normalized spacial score (nSPS) is 20.6. The summed E-state index contributed by atoms with van der Waals surface area (Å²) in [5.74, 6) is 0.378. The van der Waals surface area contributed by atoms with Crippen LogP contribution < -0.4 is 0 Å². The number of hydrogen-bond donors (Lipinski definition) is 0. The Balaban J connectivity index is 1.48. The molecule has 1 atom stereocenters. The zero-order valence-corrected chi connectivity index (χ0v) is 17.3. The minimum absolute atomic E-state index is 0.104. The first kappa shape index (κ1) is 20.8. The van der Waals surface area contributed by atoms with Crippen molar-refractivity contribution in [3.8, 4) is 0 Å². The lowest BCUT2D eigenvalue weighted by Crippen LogP contribution is -2.53. The van der Waals surface area contributed by atoms with Crippen molar-refractivity contribution >= 4 is 11.8 Å². The number of amides is 2. The molecule has 28 heavy (non-hydrogen) atoms. The molecule has 1 aromatic heterocycles. The minimum atomic E-state index is -0.360. The number of imidazole rings is 1. The lowest BCUT2D eigenvalue weighted by atomic mass is 9.72. The van der Waals surface area contributed by atoms with Crippen molar-refractivity contribution in [3.63, 3.8) is 0 Å². The predicted molar refractivity (Wildman–Crippen MR) is 107 cm³/mol. The summed E-state index contributed by atoms with van der Waals surface area (Å²) in [7, 11) is 0. The molecule has 2 saturated heterocycles. The zero-order chi connectivity index (χ0) is 20.0. The molecular weight excluding hydrogens is 356 g/mol. The number of aromatic nitrogens is 2. The number of ether oxygens (including phenoxy) is 1. The highest BCUT2D eigenvalue weighted by molar-refractivity contribution is 5.80. The Hall–Kier alpha value is -1.89. The van der Waals surface area contributed by atoms with Gasteiger partial charge in [-0.25, -0.2) is 4.98 Å². The van der Waals surface area contributed by atoms with Crippen molar-refractivity contribution in [1.29, 1.82) is 0 Å². The number of hydrogen-bond acceptors (Lipinski definition) is 4. The van der Waals surface area contributed by atoms with Crippen molar-refractivity contribution in [3.05, 3.63) is 18.7 Å². The largest absolute Gasteiger partial charge is 0.369 e. The standard InChI is InChI=1S/C21H34N4O3/c1-3-15-28-18(2)20(27)24-12-7-21(8-13-24)6-5-19(26)25(16-21)11-4-10-23-14-9-22-17-23/h9,14,17-18H,3-8,10-13,15-16H2,1-2H3/t18-/m0/s1. The van der Waals surface area contributed by atoms with Gasteiger partial charge in [0.2, 0.25) is 5.91 Å². The Morgan fingerprint density at radius 1 is 1.29 bits per heavy atom. The summed E-state index contributed by atoms with van der Waals surface area (Å²) in [4.78, 5) is 33.0. The van der Waals surface area contributed by atoms with Gasteiger partial charge in [-0.3, -0.25) is 9.59 Å². The fourth-order valence-electron chi connectivity index (χ4n) is 4.40. The molecule has 0 radical (unpaired) electrons. The molecule has 0 saturated carbocycles. The summed E-state index contributed by atoms with van der Waals surface area (Å²) < 4.78 is 7.65. The van der Waals surface area contributed by atoms with Crippen LogP contribution in [0.3, 0.4) is 0 Å². The van der Waals surface area contributed by atoms with Gasteiger partial charge in [-0.05, 0) is 44.4 Å². The van der Waals surface area contributed by atoms with Crippen LogP contribution in [0.4, 0.5) is 0 Å². The lowest BCUT2D eigenvalue weighted by Gasteiger charge is -2.47. The first-order valence-corrected chi connectivity index (χ1v) is 10.7. The van der Waals surface area contributed by atoms with Gasteiger partial charge in [-0.1, -0.05) is 6.92 Å². The Morgan fingerprint density at radius 3 is 2.75 bits per heavy atom. The van der Waals surface area contributed by atoms with E-state index in [9.17, 15) is 9.59 Å². The third-order valence-corrected chi connectivity index (χ3v) is 6.21. The van der Waals surface area contributed by atoms with Crippen molar-refractivity contribution in [2.24, 2.45) is 5.41 Å². The molecule has 2 amide bonds. The van der Waals surface area contributed by atoms with Gasteiger partial charge in [0.25, 0.3) is 5.91 Å². The topological polar surface area (TPSA) is 67.7 Å². The number of aryl methyl sites for hydroxylation is 1. The number of carbonyl (C=O) groups excluding carboxylic acids is 2. The van der Waals surface area contributed by atoms with E-state index in [0.29, 0.717) is 13.0 Å². The van der Waals surface area contributed by atoms with Crippen LogP contribution in [0.5, 0.6) is 0 Å². The number of nitrogens with zero attached hydrogens (tertiary/aromatic N) is 4. The van der Waals surface area contributed by atoms with E-state index >= 15 is 0 Å². The summed E-state index contributed by atoms with van der Waals surface area (Å²) in [6.07, 6.45) is 10.6. The van der Waals surface area contributed by atoms with Crippen LogP contribution >= 0.6 is 0 Å². The molecular formula is C21H34N4O3. The molecule has 1 spiro atoms. The summed E-state index contributed by atoms with van der Waals surface area (Å²) in [5, 5.41) is 0. The van der Waals surface area contributed by atoms with E-state index in [1.807, 2.05) is 36.2 Å². The van der Waals surface area contributed by atoms with E-state index in [2.05, 4.69) is 9.55 Å². The highest BCUT2D eigenvalue weighted by Gasteiger charge is 2.41. The second kappa shape index (κ2) is 9.54. The first-order chi connectivity index (χ1) is 13.5. The first-order valence-electron chi connectivity index (χ1n) is 10.7. The van der Waals surface area contributed by atoms with Gasteiger partial charge >= 0.3 is 0 Å². The van der Waals surface area contributed by atoms with Crippen molar-refractivity contribution < 1.29 is 14.3 Å². The Morgan fingerprint density at radius 2 is 2.07 bits per heavy atom. The quantitative estimate of drug-likeness (QED) is 0.683. The van der Waals surface area contributed by atoms with Crippen molar-refractivity contribution in [2.75, 3.05) is 32.8 Å². The van der Waals surface area contributed by atoms with Crippen molar-refractivity contribution in [2.45, 2.75) is 65.0 Å². The summed E-state index contributed by atoms with van der Waals surface area (Å²) in [6.45, 7) is 8.58. The maximum atomic E-state index is 12.6. The summed E-state index contributed by atoms with van der Waals surface area (Å²) in [5.41, 5.74) is 0.174. The second-order valence-electron chi connectivity index (χ2n) is 8.31. The van der Waals surface area contributed by atoms with E-state index < -0.39 is 0 Å². The molecule has 0 aliphatic carbocycles. The van der Waals surface area contributed by atoms with E-state index in [-0.39, 0.29) is 23.3 Å². The van der Waals surface area contributed by atoms with Gasteiger partial charge in [0.15, 0.2) is 0 Å². The van der Waals surface area contributed by atoms with Gasteiger partial charge in [0, 0.05) is 58.1 Å². The van der Waals surface area contributed by atoms with Gasteiger partial charge < -0.3 is 19.1 Å². The molecule has 156 valence electrons. The van der Waals surface area contributed by atoms with Crippen LogP contribution in [0.2, 0.25) is 0 Å². The molecule has 7 nitrogen and oxygen atoms in total. The average molecular weight is 391 g/mol. The Bertz CT molecular complexity index is 638. The van der Waals surface area contributed by atoms with Gasteiger partial charge in [0.05, 0.1) is 6.33 Å². The van der Waals surface area contributed by atoms with Crippen LogP contribution in [-0.4, -0.2) is 70.1 Å². The third-order valence-electron chi connectivity index (χ3n) is 6.21. The molecule has 7 heteroatoms. The average Bonchev–Trinajstić information content (AvgIpc) is 3.22. The maximum Gasteiger partial charge on any atom is 0.251 e. The Kier molecular flexibility index (Phi) is 7.10. The molecule has 2 aliphatic heterocycles. The van der Waals surface area contributed by atoms with Crippen LogP contribution in [-0.2, 0) is 20.9 Å². The smallest absolute Gasteiger partial charge is 0.251 e. The number of rotatable bonds is 8. The lowest BCUT2D eigenvalue weighted by molar-refractivity contribution is -0.148. The third kappa shape index (κ3) is 5.13. The number of carbonyl (C=O) groups is 2. The van der Waals surface area contributed by atoms with Gasteiger partial charge in [-0.15, -0.1) is 0 Å². The van der Waals surface area contributed by atoms with E-state index in [4.69, 9.17) is 4.74 Å². The molecule has 2 aliphatic rings. The van der Waals surface area contributed by atoms with Gasteiger partial charge in [0.1, 0.15) is 6.10 Å². The van der Waals surface area contributed by atoms with E-state index in [1.54, 1.807) is 6.20 Å². The molecule has 0 N–H and O–H groups in total. The van der Waals surface area contributed by atoms with Crippen LogP contribution in [0, 0.1) is 5.41 Å². The SMILES string of the molecule is CCCO[C@@H](C)C(=O)N1CCC2(CCC(=O)N(CCCn3ccnc3)C2)CC1. The maximum absolute atomic E-state index is 12.6. The number of likely N-dealkylation sites (tertiary alicyclic amines) is 2. The number of piperidine rings is 2. The molecule has 0 unspecified atom stereocenters. The van der Waals surface area contributed by atoms with Crippen LogP contribution in [0.25, 0.3) is 0 Å². The molecule has 3 heterocycles. The fourth-order valence-corrected chi connectivity index (χ4v) is 4.40. The Labute approximate surface area is 168 Å². The van der Waals surface area contributed by atoms with Crippen LogP contribution in [0.1, 0.15) is 52.4 Å². The molecule has 2 fully saturated rings. The highest BCUT2D eigenvalue weighted by Crippen LogP contribution is 2.40. The fraction of sp³-hybridized carbons (Fsp3) is 0.762. The molecule has 1 aromatic rings. The monoisotopic (exact) mass is 390 g/mol. The minimum Gasteiger partial charge on any atom is -0.369 e. The molecule has 3 rings (SSSR count). The van der Waals surface area contributed by atoms with Gasteiger partial charge in [-0.2, -0.15) is 0 Å². The van der Waals surface area contributed by atoms with E-state index in [1.165, 1.54) is 0 Å². The predicted octanol–water partition coefficient (Wildman–Crippen LogP) is 2.32. The van der Waals surface area contributed by atoms with Crippen LogP contribution in [0.15, 0.2) is 18.7 Å². The second-order valence-corrected chi connectivity index (χ2v) is 8.31. The molecule has 0 bridgehead atoms. The highest BCUT2D eigenvalue weighted by atomic mass is 16.5. The van der Waals surface area contributed by atoms with E-state index in [0.717, 1.165) is 64.8 Å². The van der Waals surface area contributed by atoms with Crippen molar-refractivity contribution in [1.82, 2.24) is 19.4 Å². The summed E-state index contributed by atoms with van der Waals surface area (Å²) in [6, 6.07) is 0. The summed E-state index contributed by atoms with van der Waals surface area (Å²) >= 11 is 0. The molecule has 0 aromatic carbocycles.